The largest absolute Gasteiger partial charge is 0.368 e. The second-order valence-corrected chi connectivity index (χ2v) is 2.11. The van der Waals surface area contributed by atoms with E-state index in [1.54, 1.807) is 0 Å². The van der Waals surface area contributed by atoms with Crippen LogP contribution in [0.25, 0.3) is 0 Å². The van der Waals surface area contributed by atoms with Crippen molar-refractivity contribution in [1.82, 2.24) is 0 Å². The molecular formula is C7H14O4. The fourth-order valence-corrected chi connectivity index (χ4v) is 0.812. The molecule has 0 aromatic carbocycles. The predicted octanol–water partition coefficient (Wildman–Crippen LogP) is 0.209. The zero-order valence-corrected chi connectivity index (χ0v) is 7.29. The smallest absolute Gasteiger partial charge is 0.190 e. The molecule has 0 amide bonds. The lowest BCUT2D eigenvalue weighted by Gasteiger charge is -2.20. The van der Waals surface area contributed by atoms with Gasteiger partial charge in [-0.3, -0.25) is 4.79 Å². The lowest BCUT2D eigenvalue weighted by Crippen LogP contribution is -2.37. The van der Waals surface area contributed by atoms with Gasteiger partial charge in [-0.15, -0.1) is 0 Å². The van der Waals surface area contributed by atoms with Gasteiger partial charge in [-0.25, -0.2) is 0 Å². The van der Waals surface area contributed by atoms with Gasteiger partial charge in [0.15, 0.2) is 18.2 Å². The van der Waals surface area contributed by atoms with Crippen molar-refractivity contribution in [3.05, 3.63) is 0 Å². The number of methoxy groups -OCH3 is 3. The first kappa shape index (κ1) is 10.6. The van der Waals surface area contributed by atoms with Crippen molar-refractivity contribution in [3.63, 3.8) is 0 Å². The molecule has 0 aliphatic rings. The molecule has 0 N–H and O–H groups in total. The van der Waals surface area contributed by atoms with Crippen LogP contribution in [0.3, 0.4) is 0 Å². The first-order valence-electron chi connectivity index (χ1n) is 3.26. The molecule has 4 heteroatoms. The molecule has 4 nitrogen and oxygen atoms in total. The van der Waals surface area contributed by atoms with Gasteiger partial charge in [0.1, 0.15) is 0 Å². The summed E-state index contributed by atoms with van der Waals surface area (Å²) < 4.78 is 14.5. The molecule has 0 aromatic rings. The number of hydrogen-bond donors (Lipinski definition) is 0. The highest BCUT2D eigenvalue weighted by atomic mass is 16.7. The van der Waals surface area contributed by atoms with Crippen LogP contribution in [0.2, 0.25) is 0 Å². The van der Waals surface area contributed by atoms with Crippen LogP contribution >= 0.6 is 0 Å². The Bertz CT molecular complexity index is 120. The molecule has 1 unspecified atom stereocenters. The maximum Gasteiger partial charge on any atom is 0.190 e. The number of rotatable bonds is 5. The number of carbonyl (C=O) groups excluding carboxylic acids is 1. The lowest BCUT2D eigenvalue weighted by molar-refractivity contribution is -0.179. The Morgan fingerprint density at radius 1 is 1.09 bits per heavy atom. The van der Waals surface area contributed by atoms with Gasteiger partial charge in [0.05, 0.1) is 0 Å². The Labute approximate surface area is 66.4 Å². The van der Waals surface area contributed by atoms with Crippen molar-refractivity contribution in [1.29, 1.82) is 0 Å². The van der Waals surface area contributed by atoms with E-state index in [9.17, 15) is 4.79 Å². The van der Waals surface area contributed by atoms with Crippen molar-refractivity contribution in [2.75, 3.05) is 21.3 Å². The van der Waals surface area contributed by atoms with Crippen LogP contribution in [-0.4, -0.2) is 39.5 Å². The number of carbonyl (C=O) groups is 1. The van der Waals surface area contributed by atoms with Gasteiger partial charge in [0.2, 0.25) is 0 Å². The zero-order valence-electron chi connectivity index (χ0n) is 7.29. The van der Waals surface area contributed by atoms with Crippen LogP contribution in [0.5, 0.6) is 0 Å². The number of Topliss-reactive ketones (excluding diaryl/α,β-unsaturated/α-hetero) is 1. The third-order valence-corrected chi connectivity index (χ3v) is 1.37. The van der Waals surface area contributed by atoms with E-state index in [0.717, 1.165) is 0 Å². The summed E-state index contributed by atoms with van der Waals surface area (Å²) in [4.78, 5) is 10.8. The molecule has 0 bridgehead atoms. The van der Waals surface area contributed by atoms with Gasteiger partial charge < -0.3 is 14.2 Å². The Morgan fingerprint density at radius 3 is 1.64 bits per heavy atom. The van der Waals surface area contributed by atoms with E-state index in [1.807, 2.05) is 0 Å². The summed E-state index contributed by atoms with van der Waals surface area (Å²) in [5.74, 6) is -0.110. The molecule has 0 fully saturated rings. The Hall–Kier alpha value is -0.450. The average Bonchev–Trinajstić information content (AvgIpc) is 1.99. The summed E-state index contributed by atoms with van der Waals surface area (Å²) in [6.07, 6.45) is -1.25. The Kier molecular flexibility index (Phi) is 5.02. The molecular weight excluding hydrogens is 148 g/mol. The second-order valence-electron chi connectivity index (χ2n) is 2.11. The number of hydrogen-bond acceptors (Lipinski definition) is 4. The Balaban J connectivity index is 4.09. The zero-order chi connectivity index (χ0) is 8.85. The first-order chi connectivity index (χ1) is 5.17. The van der Waals surface area contributed by atoms with E-state index in [0.29, 0.717) is 0 Å². The van der Waals surface area contributed by atoms with Crippen LogP contribution < -0.4 is 0 Å². The molecule has 0 aromatic heterocycles. The van der Waals surface area contributed by atoms with Gasteiger partial charge in [0.25, 0.3) is 0 Å². The minimum absolute atomic E-state index is 0.110. The van der Waals surface area contributed by atoms with Crippen LogP contribution in [0.15, 0.2) is 0 Å². The number of ether oxygens (including phenoxy) is 3. The fraction of sp³-hybridized carbons (Fsp3) is 0.857. The van der Waals surface area contributed by atoms with Crippen molar-refractivity contribution < 1.29 is 19.0 Å². The second kappa shape index (κ2) is 5.23. The standard InChI is InChI=1S/C7H14O4/c1-5(8)6(9-2)7(10-3)11-4/h6-7H,1-4H3. The van der Waals surface area contributed by atoms with Crippen LogP contribution in [0.4, 0.5) is 0 Å². The molecule has 11 heavy (non-hydrogen) atoms. The summed E-state index contributed by atoms with van der Waals surface area (Å²) in [6.45, 7) is 1.43. The first-order valence-corrected chi connectivity index (χ1v) is 3.26. The monoisotopic (exact) mass is 162 g/mol. The summed E-state index contributed by atoms with van der Waals surface area (Å²) in [7, 11) is 4.36. The molecule has 0 heterocycles. The van der Waals surface area contributed by atoms with Gasteiger partial charge in [0, 0.05) is 21.3 Å². The summed E-state index contributed by atoms with van der Waals surface area (Å²) in [5.41, 5.74) is 0. The van der Waals surface area contributed by atoms with E-state index in [1.165, 1.54) is 28.3 Å². The summed E-state index contributed by atoms with van der Waals surface area (Å²) in [6, 6.07) is 0. The molecule has 0 radical (unpaired) electrons. The highest BCUT2D eigenvalue weighted by Gasteiger charge is 2.24. The minimum atomic E-state index is -0.634. The SMILES string of the molecule is COC(OC)C(OC)C(C)=O. The van der Waals surface area contributed by atoms with Gasteiger partial charge in [-0.2, -0.15) is 0 Å². The van der Waals surface area contributed by atoms with Crippen LogP contribution in [0, 0.1) is 0 Å². The molecule has 0 spiro atoms. The third-order valence-electron chi connectivity index (χ3n) is 1.37. The normalized spacial score (nSPS) is 13.5. The van der Waals surface area contributed by atoms with E-state index < -0.39 is 12.4 Å². The topological polar surface area (TPSA) is 44.8 Å². The maximum atomic E-state index is 10.8. The molecule has 0 saturated carbocycles. The highest BCUT2D eigenvalue weighted by molar-refractivity contribution is 5.80. The van der Waals surface area contributed by atoms with E-state index in [2.05, 4.69) is 0 Å². The van der Waals surface area contributed by atoms with E-state index >= 15 is 0 Å². The molecule has 0 aliphatic heterocycles. The molecule has 1 atom stereocenters. The van der Waals surface area contributed by atoms with E-state index in [-0.39, 0.29) is 5.78 Å². The highest BCUT2D eigenvalue weighted by Crippen LogP contribution is 2.03. The summed E-state index contributed by atoms with van der Waals surface area (Å²) in [5, 5.41) is 0. The third kappa shape index (κ3) is 2.96. The molecule has 0 rings (SSSR count). The van der Waals surface area contributed by atoms with Crippen molar-refractivity contribution in [2.45, 2.75) is 19.3 Å². The molecule has 66 valence electrons. The van der Waals surface area contributed by atoms with Crippen molar-refractivity contribution >= 4 is 5.78 Å². The summed E-state index contributed by atoms with van der Waals surface area (Å²) >= 11 is 0. The fourth-order valence-electron chi connectivity index (χ4n) is 0.812. The van der Waals surface area contributed by atoms with Gasteiger partial charge in [-0.05, 0) is 6.92 Å². The minimum Gasteiger partial charge on any atom is -0.368 e. The van der Waals surface area contributed by atoms with E-state index in [4.69, 9.17) is 14.2 Å². The Morgan fingerprint density at radius 2 is 1.55 bits per heavy atom. The average molecular weight is 162 g/mol. The van der Waals surface area contributed by atoms with Gasteiger partial charge in [-0.1, -0.05) is 0 Å². The van der Waals surface area contributed by atoms with Crippen LogP contribution in [0.1, 0.15) is 6.92 Å². The van der Waals surface area contributed by atoms with Crippen molar-refractivity contribution in [3.8, 4) is 0 Å². The molecule has 0 saturated heterocycles. The predicted molar refractivity (Wildman–Crippen MR) is 39.3 cm³/mol. The number of ketones is 1. The lowest BCUT2D eigenvalue weighted by atomic mass is 10.2. The van der Waals surface area contributed by atoms with Crippen molar-refractivity contribution in [2.24, 2.45) is 0 Å². The maximum absolute atomic E-state index is 10.8. The van der Waals surface area contributed by atoms with Crippen LogP contribution in [-0.2, 0) is 19.0 Å². The van der Waals surface area contributed by atoms with Gasteiger partial charge >= 0.3 is 0 Å². The molecule has 0 aliphatic carbocycles. The quantitative estimate of drug-likeness (QED) is 0.542.